The predicted molar refractivity (Wildman–Crippen MR) is 54.2 cm³/mol. The fraction of sp³-hybridized carbons (Fsp3) is 0.833. The molecule has 0 amide bonds. The van der Waals surface area contributed by atoms with Crippen molar-refractivity contribution < 1.29 is 0 Å². The van der Waals surface area contributed by atoms with Crippen molar-refractivity contribution in [1.29, 1.82) is 0 Å². The van der Waals surface area contributed by atoms with Gasteiger partial charge in [-0.1, -0.05) is 18.6 Å². The molecule has 3 aliphatic rings. The second-order valence-electron chi connectivity index (χ2n) is 5.56. The normalized spacial score (nSPS) is 52.5. The molecule has 0 aromatic carbocycles. The molecule has 3 rings (SSSR count). The van der Waals surface area contributed by atoms with Crippen LogP contribution in [0.3, 0.4) is 0 Å². The van der Waals surface area contributed by atoms with Crippen molar-refractivity contribution >= 4 is 0 Å². The topological polar surface area (TPSA) is 26.0 Å². The fourth-order valence-electron chi connectivity index (χ4n) is 4.13. The van der Waals surface area contributed by atoms with Gasteiger partial charge in [0.15, 0.2) is 0 Å². The van der Waals surface area contributed by atoms with Crippen LogP contribution in [0.1, 0.15) is 32.6 Å². The smallest absolute Gasteiger partial charge is 0.00116 e. The monoisotopic (exact) mass is 177 g/mol. The summed E-state index contributed by atoms with van der Waals surface area (Å²) >= 11 is 0. The molecule has 1 heteroatoms. The van der Waals surface area contributed by atoms with E-state index in [0.717, 1.165) is 24.3 Å². The maximum absolute atomic E-state index is 5.92. The van der Waals surface area contributed by atoms with Gasteiger partial charge in [-0.2, -0.15) is 0 Å². The van der Waals surface area contributed by atoms with Crippen LogP contribution in [-0.2, 0) is 0 Å². The maximum atomic E-state index is 5.92. The Hall–Kier alpha value is -0.300. The highest BCUT2D eigenvalue weighted by atomic mass is 14.7. The van der Waals surface area contributed by atoms with Gasteiger partial charge in [0.05, 0.1) is 0 Å². The van der Waals surface area contributed by atoms with E-state index in [2.05, 4.69) is 13.0 Å². The molecule has 4 atom stereocenters. The minimum atomic E-state index is 0.566. The second-order valence-corrected chi connectivity index (χ2v) is 5.56. The van der Waals surface area contributed by atoms with Gasteiger partial charge in [-0.15, -0.1) is 0 Å². The van der Waals surface area contributed by atoms with Crippen molar-refractivity contribution in [2.24, 2.45) is 28.9 Å². The number of nitrogens with two attached hydrogens (primary N) is 1. The Bertz CT molecular complexity index is 268. The van der Waals surface area contributed by atoms with Crippen molar-refractivity contribution in [3.05, 3.63) is 11.6 Å². The highest BCUT2D eigenvalue weighted by Gasteiger charge is 2.56. The molecule has 0 aliphatic heterocycles. The molecule has 0 heterocycles. The predicted octanol–water partition coefficient (Wildman–Crippen LogP) is 2.33. The Morgan fingerprint density at radius 1 is 1.54 bits per heavy atom. The standard InChI is InChI=1S/C12H19N/c1-8-2-9-4-11-10(3-8)6-12(11,5-9)7-13/h3,8-9,11H,2,4-7,13H2,1H3. The fourth-order valence-corrected chi connectivity index (χ4v) is 4.13. The number of hydrogen-bond donors (Lipinski definition) is 1. The quantitative estimate of drug-likeness (QED) is 0.611. The zero-order chi connectivity index (χ0) is 9.05. The van der Waals surface area contributed by atoms with Crippen LogP contribution < -0.4 is 5.73 Å². The Kier molecular flexibility index (Phi) is 1.48. The van der Waals surface area contributed by atoms with Crippen LogP contribution in [0.4, 0.5) is 0 Å². The molecule has 0 radical (unpaired) electrons. The lowest BCUT2D eigenvalue weighted by Crippen LogP contribution is -2.44. The van der Waals surface area contributed by atoms with Crippen LogP contribution in [0, 0.1) is 23.2 Å². The van der Waals surface area contributed by atoms with E-state index < -0.39 is 0 Å². The average molecular weight is 177 g/mol. The van der Waals surface area contributed by atoms with Gasteiger partial charge in [0.1, 0.15) is 0 Å². The summed E-state index contributed by atoms with van der Waals surface area (Å²) in [5.41, 5.74) is 8.23. The molecule has 2 bridgehead atoms. The van der Waals surface area contributed by atoms with Crippen molar-refractivity contribution in [3.8, 4) is 0 Å². The molecule has 0 saturated heterocycles. The number of fused-ring (bicyclic) bond motifs is 1. The molecule has 3 aliphatic carbocycles. The first-order valence-electron chi connectivity index (χ1n) is 5.64. The van der Waals surface area contributed by atoms with Crippen LogP contribution in [-0.4, -0.2) is 6.54 Å². The van der Waals surface area contributed by atoms with Crippen LogP contribution in [0.2, 0.25) is 0 Å². The third-order valence-electron chi connectivity index (χ3n) is 4.62. The van der Waals surface area contributed by atoms with E-state index in [0.29, 0.717) is 5.41 Å². The first-order chi connectivity index (χ1) is 6.23. The minimum absolute atomic E-state index is 0.566. The lowest BCUT2D eigenvalue weighted by molar-refractivity contribution is 0.145. The van der Waals surface area contributed by atoms with E-state index >= 15 is 0 Å². The second kappa shape index (κ2) is 2.38. The molecule has 0 aromatic rings. The Morgan fingerprint density at radius 2 is 2.38 bits per heavy atom. The van der Waals surface area contributed by atoms with E-state index in [-0.39, 0.29) is 0 Å². The zero-order valence-corrected chi connectivity index (χ0v) is 8.42. The van der Waals surface area contributed by atoms with Gasteiger partial charge < -0.3 is 5.73 Å². The van der Waals surface area contributed by atoms with Crippen LogP contribution in [0.15, 0.2) is 11.6 Å². The van der Waals surface area contributed by atoms with Crippen molar-refractivity contribution in [2.45, 2.75) is 32.6 Å². The summed E-state index contributed by atoms with van der Waals surface area (Å²) in [6.07, 6.45) is 8.16. The molecule has 0 aromatic heterocycles. The highest BCUT2D eigenvalue weighted by molar-refractivity contribution is 5.30. The van der Waals surface area contributed by atoms with Crippen molar-refractivity contribution in [3.63, 3.8) is 0 Å². The van der Waals surface area contributed by atoms with E-state index in [1.54, 1.807) is 5.57 Å². The lowest BCUT2D eigenvalue weighted by Gasteiger charge is -2.48. The summed E-state index contributed by atoms with van der Waals surface area (Å²) < 4.78 is 0. The van der Waals surface area contributed by atoms with Crippen molar-refractivity contribution in [2.75, 3.05) is 6.54 Å². The van der Waals surface area contributed by atoms with Gasteiger partial charge in [0.25, 0.3) is 0 Å². The Morgan fingerprint density at radius 3 is 3.15 bits per heavy atom. The molecule has 2 saturated carbocycles. The van der Waals surface area contributed by atoms with Crippen LogP contribution in [0.25, 0.3) is 0 Å². The highest BCUT2D eigenvalue weighted by Crippen LogP contribution is 2.64. The van der Waals surface area contributed by atoms with Gasteiger partial charge >= 0.3 is 0 Å². The van der Waals surface area contributed by atoms with Gasteiger partial charge in [-0.25, -0.2) is 0 Å². The number of rotatable bonds is 1. The molecule has 2 fully saturated rings. The summed E-state index contributed by atoms with van der Waals surface area (Å²) in [6, 6.07) is 0. The first-order valence-corrected chi connectivity index (χ1v) is 5.64. The summed E-state index contributed by atoms with van der Waals surface area (Å²) in [5.74, 6) is 2.72. The Balaban J connectivity index is 1.96. The Labute approximate surface area is 80.4 Å². The van der Waals surface area contributed by atoms with Crippen molar-refractivity contribution in [1.82, 2.24) is 0 Å². The third-order valence-corrected chi connectivity index (χ3v) is 4.62. The molecular formula is C12H19N. The molecule has 13 heavy (non-hydrogen) atoms. The molecule has 72 valence electrons. The van der Waals surface area contributed by atoms with Gasteiger partial charge in [0, 0.05) is 0 Å². The molecule has 4 unspecified atom stereocenters. The number of hydrogen-bond acceptors (Lipinski definition) is 1. The summed E-state index contributed by atoms with van der Waals surface area (Å²) in [6.45, 7) is 3.30. The molecule has 0 spiro atoms. The zero-order valence-electron chi connectivity index (χ0n) is 8.42. The lowest BCUT2D eigenvalue weighted by atomic mass is 9.58. The summed E-state index contributed by atoms with van der Waals surface area (Å²) in [5, 5.41) is 0. The van der Waals surface area contributed by atoms with E-state index in [1.165, 1.54) is 25.7 Å². The van der Waals surface area contributed by atoms with Crippen LogP contribution in [0.5, 0.6) is 0 Å². The van der Waals surface area contributed by atoms with Gasteiger partial charge in [-0.05, 0) is 55.4 Å². The molecule has 1 nitrogen and oxygen atoms in total. The molecule has 2 N–H and O–H groups in total. The average Bonchev–Trinajstić information content (AvgIpc) is 2.26. The summed E-state index contributed by atoms with van der Waals surface area (Å²) in [7, 11) is 0. The number of allylic oxidation sites excluding steroid dienone is 2. The van der Waals surface area contributed by atoms with E-state index in [9.17, 15) is 0 Å². The third kappa shape index (κ3) is 0.914. The largest absolute Gasteiger partial charge is 0.330 e. The van der Waals surface area contributed by atoms with Gasteiger partial charge in [-0.3, -0.25) is 0 Å². The SMILES string of the molecule is CC1C=C2CC3(CN)CC(C1)CC23. The van der Waals surface area contributed by atoms with Gasteiger partial charge in [0.2, 0.25) is 0 Å². The minimum Gasteiger partial charge on any atom is -0.330 e. The van der Waals surface area contributed by atoms with E-state index in [1.807, 2.05) is 0 Å². The van der Waals surface area contributed by atoms with Crippen LogP contribution >= 0.6 is 0 Å². The molecular weight excluding hydrogens is 158 g/mol. The first kappa shape index (κ1) is 8.05. The van der Waals surface area contributed by atoms with E-state index in [4.69, 9.17) is 5.73 Å². The summed E-state index contributed by atoms with van der Waals surface area (Å²) in [4.78, 5) is 0. The maximum Gasteiger partial charge on any atom is -0.00116 e.